The smallest absolute Gasteiger partial charge is 0.191 e. The van der Waals surface area contributed by atoms with Crippen LogP contribution in [0.15, 0.2) is 53.5 Å². The minimum Gasteiger partial charge on any atom is -0.492 e. The molecular weight excluding hydrogens is 383 g/mol. The first kappa shape index (κ1) is 22.1. The van der Waals surface area contributed by atoms with E-state index in [1.807, 2.05) is 37.3 Å². The quantitative estimate of drug-likeness (QED) is 0.488. The summed E-state index contributed by atoms with van der Waals surface area (Å²) in [5.41, 5.74) is 1.67. The Balaban J connectivity index is 1.50. The molecule has 1 aliphatic rings. The van der Waals surface area contributed by atoms with E-state index < -0.39 is 0 Å². The second kappa shape index (κ2) is 12.1. The van der Waals surface area contributed by atoms with Crippen molar-refractivity contribution in [2.24, 2.45) is 4.99 Å². The highest BCUT2D eigenvalue weighted by molar-refractivity contribution is 5.79. The molecule has 0 atom stereocenters. The van der Waals surface area contributed by atoms with Crippen molar-refractivity contribution in [3.05, 3.63) is 65.5 Å². The molecule has 0 unspecified atom stereocenters. The molecule has 1 saturated heterocycles. The largest absolute Gasteiger partial charge is 0.492 e. The van der Waals surface area contributed by atoms with Crippen molar-refractivity contribution in [1.29, 1.82) is 0 Å². The maximum atomic E-state index is 13.8. The average molecular weight is 415 g/mol. The van der Waals surface area contributed by atoms with Crippen LogP contribution in [0.25, 0.3) is 0 Å². The molecule has 2 N–H and O–H groups in total. The summed E-state index contributed by atoms with van der Waals surface area (Å²) < 4.78 is 25.1. The van der Waals surface area contributed by atoms with Gasteiger partial charge in [-0.3, -0.25) is 4.90 Å². The molecule has 30 heavy (non-hydrogen) atoms. The Labute approximate surface area is 178 Å². The molecule has 2 aromatic carbocycles. The van der Waals surface area contributed by atoms with Crippen LogP contribution in [0.1, 0.15) is 18.1 Å². The third kappa shape index (κ3) is 7.31. The molecule has 0 aromatic heterocycles. The van der Waals surface area contributed by atoms with Gasteiger partial charge >= 0.3 is 0 Å². The van der Waals surface area contributed by atoms with Crippen molar-refractivity contribution in [2.45, 2.75) is 20.0 Å². The van der Waals surface area contributed by atoms with Crippen LogP contribution >= 0.6 is 0 Å². The van der Waals surface area contributed by atoms with Crippen LogP contribution in [0, 0.1) is 5.82 Å². The third-order valence-corrected chi connectivity index (χ3v) is 4.85. The highest BCUT2D eigenvalue weighted by Crippen LogP contribution is 2.14. The molecule has 0 amide bonds. The molecule has 7 heteroatoms. The van der Waals surface area contributed by atoms with E-state index in [1.165, 1.54) is 6.07 Å². The van der Waals surface area contributed by atoms with Gasteiger partial charge in [-0.1, -0.05) is 30.3 Å². The summed E-state index contributed by atoms with van der Waals surface area (Å²) in [6.45, 7) is 8.69. The summed E-state index contributed by atoms with van der Waals surface area (Å²) in [6, 6.07) is 14.7. The fraction of sp³-hybridized carbons (Fsp3) is 0.435. The maximum absolute atomic E-state index is 13.8. The van der Waals surface area contributed by atoms with E-state index in [4.69, 9.17) is 9.47 Å². The van der Waals surface area contributed by atoms with Crippen molar-refractivity contribution in [2.75, 3.05) is 46.0 Å². The molecule has 0 aliphatic carbocycles. The molecule has 6 nitrogen and oxygen atoms in total. The van der Waals surface area contributed by atoms with Gasteiger partial charge < -0.3 is 20.1 Å². The molecule has 162 valence electrons. The van der Waals surface area contributed by atoms with E-state index in [0.29, 0.717) is 31.2 Å². The van der Waals surface area contributed by atoms with E-state index in [-0.39, 0.29) is 5.82 Å². The number of aliphatic imine (C=N–C) groups is 1. The molecule has 3 rings (SSSR count). The third-order valence-electron chi connectivity index (χ3n) is 4.85. The van der Waals surface area contributed by atoms with Crippen molar-refractivity contribution >= 4 is 5.96 Å². The van der Waals surface area contributed by atoms with Crippen molar-refractivity contribution in [3.63, 3.8) is 0 Å². The number of nitrogens with one attached hydrogen (secondary N) is 2. The minimum atomic E-state index is -0.220. The monoisotopic (exact) mass is 414 g/mol. The minimum absolute atomic E-state index is 0.220. The van der Waals surface area contributed by atoms with Gasteiger partial charge in [0.15, 0.2) is 5.96 Å². The Morgan fingerprint density at radius 1 is 1.13 bits per heavy atom. The summed E-state index contributed by atoms with van der Waals surface area (Å²) in [5, 5.41) is 6.38. The van der Waals surface area contributed by atoms with Crippen LogP contribution in [-0.4, -0.2) is 56.9 Å². The highest BCUT2D eigenvalue weighted by atomic mass is 19.1. The van der Waals surface area contributed by atoms with Gasteiger partial charge in [0, 0.05) is 38.3 Å². The Morgan fingerprint density at radius 3 is 2.77 bits per heavy atom. The van der Waals surface area contributed by atoms with Crippen molar-refractivity contribution < 1.29 is 13.9 Å². The first-order valence-corrected chi connectivity index (χ1v) is 10.5. The van der Waals surface area contributed by atoms with Crippen LogP contribution in [-0.2, 0) is 17.8 Å². The standard InChI is InChI=1S/C23H31FN4O2/c1-2-25-23(27-18-20-7-3-4-9-22(20)24)26-17-19-6-5-8-21(16-19)30-15-12-28-10-13-29-14-11-28/h3-9,16H,2,10-15,17-18H2,1H3,(H2,25,26,27). The number of rotatable bonds is 9. The zero-order valence-corrected chi connectivity index (χ0v) is 17.6. The maximum Gasteiger partial charge on any atom is 0.191 e. The molecule has 0 bridgehead atoms. The molecule has 0 radical (unpaired) electrons. The molecule has 1 heterocycles. The van der Waals surface area contributed by atoms with Gasteiger partial charge in [0.05, 0.1) is 19.8 Å². The SMILES string of the molecule is CCNC(=NCc1cccc(OCCN2CCOCC2)c1)NCc1ccccc1F. The number of halogens is 1. The van der Waals surface area contributed by atoms with E-state index in [2.05, 4.69) is 20.5 Å². The normalized spacial score (nSPS) is 15.1. The predicted octanol–water partition coefficient (Wildman–Crippen LogP) is 2.79. The highest BCUT2D eigenvalue weighted by Gasteiger charge is 2.10. The van der Waals surface area contributed by atoms with E-state index in [9.17, 15) is 4.39 Å². The second-order valence-corrected chi connectivity index (χ2v) is 7.09. The van der Waals surface area contributed by atoms with Gasteiger partial charge in [-0.15, -0.1) is 0 Å². The Kier molecular flexibility index (Phi) is 8.93. The number of hydrogen-bond donors (Lipinski definition) is 2. The number of morpholine rings is 1. The lowest BCUT2D eigenvalue weighted by atomic mass is 10.2. The Morgan fingerprint density at radius 2 is 1.97 bits per heavy atom. The number of ether oxygens (including phenoxy) is 2. The van der Waals surface area contributed by atoms with Crippen LogP contribution in [0.3, 0.4) is 0 Å². The number of nitrogens with zero attached hydrogens (tertiary/aromatic N) is 2. The van der Waals surface area contributed by atoms with Gasteiger partial charge in [-0.25, -0.2) is 9.38 Å². The summed E-state index contributed by atoms with van der Waals surface area (Å²) in [4.78, 5) is 6.97. The van der Waals surface area contributed by atoms with Gasteiger partial charge in [-0.05, 0) is 30.7 Å². The lowest BCUT2D eigenvalue weighted by Crippen LogP contribution is -2.38. The first-order valence-electron chi connectivity index (χ1n) is 10.5. The predicted molar refractivity (Wildman–Crippen MR) is 117 cm³/mol. The summed E-state index contributed by atoms with van der Waals surface area (Å²) in [7, 11) is 0. The molecule has 1 aliphatic heterocycles. The van der Waals surface area contributed by atoms with Crippen LogP contribution in [0.5, 0.6) is 5.75 Å². The Hall–Kier alpha value is -2.64. The zero-order chi connectivity index (χ0) is 21.0. The topological polar surface area (TPSA) is 58.1 Å². The van der Waals surface area contributed by atoms with Crippen LogP contribution in [0.4, 0.5) is 4.39 Å². The first-order chi connectivity index (χ1) is 14.7. The zero-order valence-electron chi connectivity index (χ0n) is 17.6. The lowest BCUT2D eigenvalue weighted by molar-refractivity contribution is 0.0322. The van der Waals surface area contributed by atoms with Crippen LogP contribution in [0.2, 0.25) is 0 Å². The van der Waals surface area contributed by atoms with Gasteiger partial charge in [0.1, 0.15) is 18.2 Å². The van der Waals surface area contributed by atoms with Gasteiger partial charge in [0.25, 0.3) is 0 Å². The Bertz CT molecular complexity index is 809. The lowest BCUT2D eigenvalue weighted by Gasteiger charge is -2.26. The summed E-state index contributed by atoms with van der Waals surface area (Å²) in [6.07, 6.45) is 0. The van der Waals surface area contributed by atoms with Crippen molar-refractivity contribution in [3.8, 4) is 5.75 Å². The molecular formula is C23H31FN4O2. The fourth-order valence-corrected chi connectivity index (χ4v) is 3.18. The molecule has 0 spiro atoms. The number of hydrogen-bond acceptors (Lipinski definition) is 4. The summed E-state index contributed by atoms with van der Waals surface area (Å²) in [5.74, 6) is 1.28. The average Bonchev–Trinajstić information content (AvgIpc) is 2.78. The van der Waals surface area contributed by atoms with E-state index >= 15 is 0 Å². The van der Waals surface area contributed by atoms with Crippen LogP contribution < -0.4 is 15.4 Å². The van der Waals surface area contributed by atoms with E-state index in [0.717, 1.165) is 50.7 Å². The van der Waals surface area contributed by atoms with Gasteiger partial charge in [-0.2, -0.15) is 0 Å². The molecule has 0 saturated carbocycles. The number of benzene rings is 2. The number of guanidine groups is 1. The fourth-order valence-electron chi connectivity index (χ4n) is 3.18. The molecule has 2 aromatic rings. The second-order valence-electron chi connectivity index (χ2n) is 7.09. The van der Waals surface area contributed by atoms with Crippen molar-refractivity contribution in [1.82, 2.24) is 15.5 Å². The molecule has 1 fully saturated rings. The van der Waals surface area contributed by atoms with E-state index in [1.54, 1.807) is 12.1 Å². The summed E-state index contributed by atoms with van der Waals surface area (Å²) >= 11 is 0. The van der Waals surface area contributed by atoms with Gasteiger partial charge in [0.2, 0.25) is 0 Å².